The fourth-order valence-corrected chi connectivity index (χ4v) is 2.63. The van der Waals surface area contributed by atoms with Crippen LogP contribution >= 0.6 is 0 Å². The molecule has 1 fully saturated rings. The van der Waals surface area contributed by atoms with Gasteiger partial charge in [0, 0.05) is 5.57 Å². The third-order valence-electron chi connectivity index (χ3n) is 4.14. The van der Waals surface area contributed by atoms with Crippen molar-refractivity contribution in [1.82, 2.24) is 9.55 Å². The second kappa shape index (κ2) is 9.58. The molecule has 9 nitrogen and oxygen atoms in total. The highest BCUT2D eigenvalue weighted by Crippen LogP contribution is 2.32. The Kier molecular flexibility index (Phi) is 7.45. The molecule has 1 aliphatic heterocycles. The molecule has 0 spiro atoms. The van der Waals surface area contributed by atoms with Gasteiger partial charge in [0.05, 0.1) is 19.4 Å². The molecule has 3 atom stereocenters. The van der Waals surface area contributed by atoms with Crippen molar-refractivity contribution >= 4 is 11.9 Å². The fourth-order valence-electron chi connectivity index (χ4n) is 2.63. The number of aromatic nitrogens is 2. The van der Waals surface area contributed by atoms with Crippen LogP contribution in [0, 0.1) is 5.82 Å². The number of halogens is 1. The van der Waals surface area contributed by atoms with E-state index in [-0.39, 0.29) is 12.2 Å². The largest absolute Gasteiger partial charge is 0.449 e. The number of aliphatic hydroxyl groups is 2. The highest BCUT2D eigenvalue weighted by Gasteiger charge is 2.39. The summed E-state index contributed by atoms with van der Waals surface area (Å²) in [4.78, 5) is 27.3. The second-order valence-corrected chi connectivity index (χ2v) is 6.18. The number of carbonyl (C=O) groups excluding carboxylic acids is 1. The lowest BCUT2D eigenvalue weighted by atomic mass is 10.1. The van der Waals surface area contributed by atoms with Gasteiger partial charge in [0.1, 0.15) is 12.2 Å². The van der Waals surface area contributed by atoms with Gasteiger partial charge in [0.15, 0.2) is 17.9 Å². The van der Waals surface area contributed by atoms with Crippen molar-refractivity contribution < 1.29 is 28.9 Å². The van der Waals surface area contributed by atoms with Gasteiger partial charge < -0.3 is 19.7 Å². The lowest BCUT2D eigenvalue weighted by molar-refractivity contribution is -0.0449. The van der Waals surface area contributed by atoms with E-state index in [9.17, 15) is 19.1 Å². The van der Waals surface area contributed by atoms with Crippen molar-refractivity contribution in [3.05, 3.63) is 34.7 Å². The highest BCUT2D eigenvalue weighted by atomic mass is 19.1. The molecule has 2 heterocycles. The van der Waals surface area contributed by atoms with E-state index in [1.54, 1.807) is 0 Å². The SMILES string of the molecule is C=C1[C@H](n2cc(F)c(NC(=O)OCCCCCC)nc2=O)O[C@H](CO)[C@H]1O. The molecule has 10 heteroatoms. The number of anilines is 1. The minimum Gasteiger partial charge on any atom is -0.449 e. The zero-order chi connectivity index (χ0) is 20.0. The first-order chi connectivity index (χ1) is 12.9. The van der Waals surface area contributed by atoms with Crippen LogP contribution in [0.25, 0.3) is 0 Å². The molecule has 3 N–H and O–H groups in total. The Hall–Kier alpha value is -2.30. The number of rotatable bonds is 8. The van der Waals surface area contributed by atoms with E-state index >= 15 is 0 Å². The van der Waals surface area contributed by atoms with Crippen LogP contribution in [0.15, 0.2) is 23.1 Å². The molecule has 1 aromatic heterocycles. The standard InChI is InChI=1S/C17H24FN3O6/c1-3-4-5-6-7-26-17(25)20-14-11(18)8-21(16(24)19-14)15-10(2)13(23)12(9-22)27-15/h8,12-13,15,22-23H,2-7,9H2,1H3,(H,19,20,24,25)/t12-,13+,15-/m1/s1. The van der Waals surface area contributed by atoms with Gasteiger partial charge in [-0.1, -0.05) is 32.8 Å². The summed E-state index contributed by atoms with van der Waals surface area (Å²) in [5, 5.41) is 21.1. The Balaban J connectivity index is 2.03. The molecule has 0 saturated carbocycles. The molecule has 0 bridgehead atoms. The lowest BCUT2D eigenvalue weighted by Crippen LogP contribution is -2.30. The Bertz CT molecular complexity index is 738. The molecule has 0 radical (unpaired) electrons. The summed E-state index contributed by atoms with van der Waals surface area (Å²) in [6.07, 6.45) is 0.207. The summed E-state index contributed by atoms with van der Waals surface area (Å²) in [5.41, 5.74) is -0.837. The maximum atomic E-state index is 14.2. The molecule has 2 rings (SSSR count). The molecule has 1 aliphatic rings. The van der Waals surface area contributed by atoms with Gasteiger partial charge in [0.25, 0.3) is 0 Å². The number of carbonyl (C=O) groups is 1. The number of unbranched alkanes of at least 4 members (excludes halogenated alkanes) is 3. The van der Waals surface area contributed by atoms with Crippen LogP contribution in [-0.2, 0) is 9.47 Å². The number of hydrogen-bond donors (Lipinski definition) is 3. The van der Waals surface area contributed by atoms with Crippen molar-refractivity contribution in [2.75, 3.05) is 18.5 Å². The third kappa shape index (κ3) is 5.12. The topological polar surface area (TPSA) is 123 Å². The first kappa shape index (κ1) is 21.0. The van der Waals surface area contributed by atoms with E-state index < -0.39 is 48.5 Å². The zero-order valence-electron chi connectivity index (χ0n) is 15.1. The van der Waals surface area contributed by atoms with Gasteiger partial charge in [-0.3, -0.25) is 9.88 Å². The lowest BCUT2D eigenvalue weighted by Gasteiger charge is -2.15. The van der Waals surface area contributed by atoms with Gasteiger partial charge in [-0.2, -0.15) is 4.98 Å². The molecule has 0 aromatic carbocycles. The second-order valence-electron chi connectivity index (χ2n) is 6.18. The van der Waals surface area contributed by atoms with Gasteiger partial charge in [-0.15, -0.1) is 0 Å². The number of amides is 1. The summed E-state index contributed by atoms with van der Waals surface area (Å²) < 4.78 is 25.3. The molecule has 27 heavy (non-hydrogen) atoms. The maximum Gasteiger partial charge on any atom is 0.412 e. The molecule has 0 unspecified atom stereocenters. The summed E-state index contributed by atoms with van der Waals surface area (Å²) >= 11 is 0. The Morgan fingerprint density at radius 2 is 2.22 bits per heavy atom. The van der Waals surface area contributed by atoms with Crippen LogP contribution < -0.4 is 11.0 Å². The molecule has 0 aliphatic carbocycles. The number of nitrogens with zero attached hydrogens (tertiary/aromatic N) is 2. The smallest absolute Gasteiger partial charge is 0.412 e. The summed E-state index contributed by atoms with van der Waals surface area (Å²) in [6.45, 7) is 5.34. The first-order valence-corrected chi connectivity index (χ1v) is 8.74. The third-order valence-corrected chi connectivity index (χ3v) is 4.14. The van der Waals surface area contributed by atoms with Crippen molar-refractivity contribution in [2.24, 2.45) is 0 Å². The average Bonchev–Trinajstić information content (AvgIpc) is 2.92. The van der Waals surface area contributed by atoms with E-state index in [1.165, 1.54) is 0 Å². The number of hydrogen-bond acceptors (Lipinski definition) is 7. The maximum absolute atomic E-state index is 14.2. The monoisotopic (exact) mass is 385 g/mol. The minimum absolute atomic E-state index is 0.0875. The van der Waals surface area contributed by atoms with E-state index in [2.05, 4.69) is 23.8 Å². The van der Waals surface area contributed by atoms with Crippen LogP contribution in [0.4, 0.5) is 15.0 Å². The molecular weight excluding hydrogens is 361 g/mol. The molecule has 1 amide bonds. The van der Waals surface area contributed by atoms with E-state index in [0.717, 1.165) is 30.0 Å². The van der Waals surface area contributed by atoms with Crippen molar-refractivity contribution in [1.29, 1.82) is 0 Å². The van der Waals surface area contributed by atoms with Crippen LogP contribution in [0.5, 0.6) is 0 Å². The molecule has 1 aromatic rings. The average molecular weight is 385 g/mol. The van der Waals surface area contributed by atoms with Gasteiger partial charge in [0.2, 0.25) is 0 Å². The van der Waals surface area contributed by atoms with Crippen molar-refractivity contribution in [3.8, 4) is 0 Å². The predicted molar refractivity (Wildman–Crippen MR) is 93.7 cm³/mol. The Morgan fingerprint density at radius 3 is 2.85 bits per heavy atom. The molecule has 150 valence electrons. The normalized spacial score (nSPS) is 22.1. The van der Waals surface area contributed by atoms with Gasteiger partial charge >= 0.3 is 11.8 Å². The zero-order valence-corrected chi connectivity index (χ0v) is 15.1. The summed E-state index contributed by atoms with van der Waals surface area (Å²) in [7, 11) is 0. The van der Waals surface area contributed by atoms with Crippen molar-refractivity contribution in [3.63, 3.8) is 0 Å². The summed E-state index contributed by atoms with van der Waals surface area (Å²) in [5.74, 6) is -1.56. The van der Waals surface area contributed by atoms with Gasteiger partial charge in [-0.05, 0) is 6.42 Å². The van der Waals surface area contributed by atoms with E-state index in [1.807, 2.05) is 0 Å². The van der Waals surface area contributed by atoms with Crippen LogP contribution in [0.3, 0.4) is 0 Å². The van der Waals surface area contributed by atoms with Crippen LogP contribution in [0.1, 0.15) is 38.8 Å². The van der Waals surface area contributed by atoms with Crippen molar-refractivity contribution in [2.45, 2.75) is 51.0 Å². The molecule has 1 saturated heterocycles. The quantitative estimate of drug-likeness (QED) is 0.455. The van der Waals surface area contributed by atoms with Gasteiger partial charge in [-0.25, -0.2) is 14.0 Å². The fraction of sp³-hybridized carbons (Fsp3) is 0.588. The van der Waals surface area contributed by atoms with Crippen LogP contribution in [-0.4, -0.2) is 51.3 Å². The highest BCUT2D eigenvalue weighted by molar-refractivity contribution is 5.83. The van der Waals surface area contributed by atoms with E-state index in [0.29, 0.717) is 6.42 Å². The Morgan fingerprint density at radius 1 is 1.48 bits per heavy atom. The van der Waals surface area contributed by atoms with Crippen LogP contribution in [0.2, 0.25) is 0 Å². The predicted octanol–water partition coefficient (Wildman–Crippen LogP) is 1.32. The Labute approximate surface area is 155 Å². The minimum atomic E-state index is -1.20. The molecular formula is C17H24FN3O6. The number of ether oxygens (including phenoxy) is 2. The number of nitrogens with one attached hydrogen (secondary N) is 1. The van der Waals surface area contributed by atoms with E-state index in [4.69, 9.17) is 14.6 Å². The first-order valence-electron chi connectivity index (χ1n) is 8.74. The number of aliphatic hydroxyl groups excluding tert-OH is 2. The summed E-state index contributed by atoms with van der Waals surface area (Å²) in [6, 6.07) is 0.